The van der Waals surface area contributed by atoms with Crippen LogP contribution < -0.4 is 4.74 Å². The Hall–Kier alpha value is -1.02. The summed E-state index contributed by atoms with van der Waals surface area (Å²) in [6, 6.07) is 5.25. The molecule has 0 heterocycles. The van der Waals surface area contributed by atoms with Crippen molar-refractivity contribution in [3.63, 3.8) is 0 Å². The quantitative estimate of drug-likeness (QED) is 0.731. The largest absolute Gasteiger partial charge is 0.489 e. The van der Waals surface area contributed by atoms with Gasteiger partial charge in [0, 0.05) is 5.02 Å². The third kappa shape index (κ3) is 3.54. The lowest BCUT2D eigenvalue weighted by Gasteiger charge is -2.37. The molecule has 1 aromatic carbocycles. The minimum absolute atomic E-state index is 0.193. The van der Waals surface area contributed by atoms with E-state index in [2.05, 4.69) is 20.8 Å². The van der Waals surface area contributed by atoms with Crippen molar-refractivity contribution in [1.82, 2.24) is 0 Å². The standard InChI is InChI=1S/C17H23ClO2/c1-11(2)15-6-4-12(3)8-17(15)20-16-7-5-14(18)9-13(16)10-19/h5,7,9-12,15,17H,4,6,8H2,1-3H3. The van der Waals surface area contributed by atoms with Crippen LogP contribution >= 0.6 is 11.6 Å². The van der Waals surface area contributed by atoms with Crippen molar-refractivity contribution in [1.29, 1.82) is 0 Å². The molecule has 2 nitrogen and oxygen atoms in total. The normalized spacial score (nSPS) is 26.6. The van der Waals surface area contributed by atoms with Gasteiger partial charge in [-0.3, -0.25) is 4.79 Å². The van der Waals surface area contributed by atoms with Gasteiger partial charge in [0.25, 0.3) is 0 Å². The third-order valence-electron chi connectivity index (χ3n) is 4.34. The Bertz CT molecular complexity index is 470. The Labute approximate surface area is 126 Å². The van der Waals surface area contributed by atoms with Crippen molar-refractivity contribution >= 4 is 17.9 Å². The zero-order valence-electron chi connectivity index (χ0n) is 12.4. The predicted octanol–water partition coefficient (Wildman–Crippen LogP) is 4.99. The molecule has 0 radical (unpaired) electrons. The lowest BCUT2D eigenvalue weighted by molar-refractivity contribution is 0.0455. The van der Waals surface area contributed by atoms with E-state index in [9.17, 15) is 4.79 Å². The van der Waals surface area contributed by atoms with Gasteiger partial charge in [0.1, 0.15) is 11.9 Å². The van der Waals surface area contributed by atoms with Crippen LogP contribution in [0.1, 0.15) is 50.4 Å². The first-order valence-electron chi connectivity index (χ1n) is 7.42. The maximum absolute atomic E-state index is 11.2. The van der Waals surface area contributed by atoms with Gasteiger partial charge in [-0.2, -0.15) is 0 Å². The fourth-order valence-corrected chi connectivity index (χ4v) is 3.31. The highest BCUT2D eigenvalue weighted by atomic mass is 35.5. The van der Waals surface area contributed by atoms with E-state index >= 15 is 0 Å². The molecule has 0 aliphatic heterocycles. The van der Waals surface area contributed by atoms with Gasteiger partial charge < -0.3 is 4.74 Å². The van der Waals surface area contributed by atoms with E-state index in [-0.39, 0.29) is 6.10 Å². The van der Waals surface area contributed by atoms with E-state index in [1.165, 1.54) is 12.8 Å². The zero-order chi connectivity index (χ0) is 14.7. The number of benzene rings is 1. The van der Waals surface area contributed by atoms with E-state index in [0.29, 0.717) is 34.1 Å². The minimum Gasteiger partial charge on any atom is -0.489 e. The monoisotopic (exact) mass is 294 g/mol. The Kier molecular flexibility index (Phi) is 5.09. The first kappa shape index (κ1) is 15.4. The van der Waals surface area contributed by atoms with Crippen LogP contribution in [0.5, 0.6) is 5.75 Å². The molecule has 1 saturated carbocycles. The van der Waals surface area contributed by atoms with E-state index in [4.69, 9.17) is 16.3 Å². The van der Waals surface area contributed by atoms with Crippen LogP contribution in [0.4, 0.5) is 0 Å². The van der Waals surface area contributed by atoms with Crippen molar-refractivity contribution in [2.45, 2.75) is 46.1 Å². The van der Waals surface area contributed by atoms with E-state index < -0.39 is 0 Å². The summed E-state index contributed by atoms with van der Waals surface area (Å²) in [5.41, 5.74) is 0.540. The smallest absolute Gasteiger partial charge is 0.153 e. The topological polar surface area (TPSA) is 26.3 Å². The molecule has 0 bridgehead atoms. The van der Waals surface area contributed by atoms with E-state index in [0.717, 1.165) is 12.7 Å². The third-order valence-corrected chi connectivity index (χ3v) is 4.57. The summed E-state index contributed by atoms with van der Waals surface area (Å²) in [5, 5.41) is 0.567. The average molecular weight is 295 g/mol. The van der Waals surface area contributed by atoms with Crippen molar-refractivity contribution in [2.75, 3.05) is 0 Å². The molecule has 3 atom stereocenters. The molecule has 1 aliphatic carbocycles. The van der Waals surface area contributed by atoms with Gasteiger partial charge in [0.2, 0.25) is 0 Å². The molecule has 20 heavy (non-hydrogen) atoms. The first-order chi connectivity index (χ1) is 9.51. The summed E-state index contributed by atoms with van der Waals surface area (Å²) in [4.78, 5) is 11.2. The number of carbonyl (C=O) groups is 1. The van der Waals surface area contributed by atoms with Crippen molar-refractivity contribution in [3.8, 4) is 5.75 Å². The number of aldehydes is 1. The van der Waals surface area contributed by atoms with Crippen LogP contribution in [0.15, 0.2) is 18.2 Å². The van der Waals surface area contributed by atoms with Crippen LogP contribution in [-0.2, 0) is 0 Å². The predicted molar refractivity (Wildman–Crippen MR) is 82.6 cm³/mol. The Balaban J connectivity index is 2.19. The Morgan fingerprint density at radius 3 is 2.75 bits per heavy atom. The number of ether oxygens (including phenoxy) is 1. The second-order valence-corrected chi connectivity index (χ2v) is 6.72. The van der Waals surface area contributed by atoms with Crippen molar-refractivity contribution < 1.29 is 9.53 Å². The molecule has 0 saturated heterocycles. The maximum atomic E-state index is 11.2. The maximum Gasteiger partial charge on any atom is 0.153 e. The number of halogens is 1. The molecule has 1 aromatic rings. The molecule has 1 aliphatic rings. The molecule has 1 fully saturated rings. The molecule has 110 valence electrons. The first-order valence-corrected chi connectivity index (χ1v) is 7.80. The van der Waals surface area contributed by atoms with Gasteiger partial charge in [0.15, 0.2) is 6.29 Å². The van der Waals surface area contributed by atoms with Crippen molar-refractivity contribution in [2.24, 2.45) is 17.8 Å². The Morgan fingerprint density at radius 2 is 2.10 bits per heavy atom. The fraction of sp³-hybridized carbons (Fsp3) is 0.588. The lowest BCUT2D eigenvalue weighted by atomic mass is 9.75. The van der Waals surface area contributed by atoms with Crippen molar-refractivity contribution in [3.05, 3.63) is 28.8 Å². The molecule has 0 amide bonds. The summed E-state index contributed by atoms with van der Waals surface area (Å²) in [7, 11) is 0. The number of hydrogen-bond donors (Lipinski definition) is 0. The number of rotatable bonds is 4. The van der Waals surface area contributed by atoms with Crippen LogP contribution in [-0.4, -0.2) is 12.4 Å². The molecule has 0 aromatic heterocycles. The molecule has 0 spiro atoms. The molecule has 3 heteroatoms. The summed E-state index contributed by atoms with van der Waals surface area (Å²) >= 11 is 5.93. The average Bonchev–Trinajstić information content (AvgIpc) is 2.40. The minimum atomic E-state index is 0.193. The summed E-state index contributed by atoms with van der Waals surface area (Å²) in [5.74, 6) is 2.50. The van der Waals surface area contributed by atoms with Gasteiger partial charge in [0.05, 0.1) is 5.56 Å². The van der Waals surface area contributed by atoms with Gasteiger partial charge in [-0.25, -0.2) is 0 Å². The van der Waals surface area contributed by atoms with E-state index in [1.807, 2.05) is 6.07 Å². The highest BCUT2D eigenvalue weighted by molar-refractivity contribution is 6.30. The second-order valence-electron chi connectivity index (χ2n) is 6.28. The summed E-state index contributed by atoms with van der Waals surface area (Å²) in [6.07, 6.45) is 4.54. The van der Waals surface area contributed by atoms with Crippen LogP contribution in [0.3, 0.4) is 0 Å². The zero-order valence-corrected chi connectivity index (χ0v) is 13.2. The SMILES string of the molecule is CC1CCC(C(C)C)C(Oc2ccc(Cl)cc2C=O)C1. The second kappa shape index (κ2) is 6.62. The molecular weight excluding hydrogens is 272 g/mol. The number of carbonyl (C=O) groups excluding carboxylic acids is 1. The summed E-state index contributed by atoms with van der Waals surface area (Å²) < 4.78 is 6.19. The molecule has 3 unspecified atom stereocenters. The van der Waals surface area contributed by atoms with Crippen LogP contribution in [0.25, 0.3) is 0 Å². The van der Waals surface area contributed by atoms with Gasteiger partial charge >= 0.3 is 0 Å². The molecule has 2 rings (SSSR count). The van der Waals surface area contributed by atoms with Gasteiger partial charge in [-0.15, -0.1) is 0 Å². The highest BCUT2D eigenvalue weighted by Gasteiger charge is 2.32. The lowest BCUT2D eigenvalue weighted by Crippen LogP contribution is -2.36. The highest BCUT2D eigenvalue weighted by Crippen LogP contribution is 2.36. The van der Waals surface area contributed by atoms with Gasteiger partial charge in [-0.1, -0.05) is 38.8 Å². The van der Waals surface area contributed by atoms with E-state index in [1.54, 1.807) is 12.1 Å². The fourth-order valence-electron chi connectivity index (χ4n) is 3.13. The molecular formula is C17H23ClO2. The van der Waals surface area contributed by atoms with Crippen LogP contribution in [0.2, 0.25) is 5.02 Å². The van der Waals surface area contributed by atoms with Crippen LogP contribution in [0, 0.1) is 17.8 Å². The van der Waals surface area contributed by atoms with Gasteiger partial charge in [-0.05, 0) is 48.8 Å². The number of hydrogen-bond acceptors (Lipinski definition) is 2. The summed E-state index contributed by atoms with van der Waals surface area (Å²) in [6.45, 7) is 6.77. The Morgan fingerprint density at radius 1 is 1.35 bits per heavy atom. The molecule has 0 N–H and O–H groups in total.